The van der Waals surface area contributed by atoms with Crippen LogP contribution in [-0.2, 0) is 10.0 Å². The minimum Gasteiger partial charge on any atom is -0.307 e. The summed E-state index contributed by atoms with van der Waals surface area (Å²) in [6.45, 7) is 0. The number of urea groups is 1. The van der Waals surface area contributed by atoms with Crippen LogP contribution in [0.1, 0.15) is 32.1 Å². The van der Waals surface area contributed by atoms with E-state index in [1.165, 1.54) is 12.1 Å². The molecule has 0 saturated heterocycles. The van der Waals surface area contributed by atoms with Crippen molar-refractivity contribution in [1.29, 1.82) is 0 Å². The SMILES string of the molecule is O=C(Nc1ccc(Cl)c(Cl)c1)NS(=O)(=O)C1CCCCC1.[Na]. The molecule has 1 radical (unpaired) electrons. The molecule has 0 aliphatic heterocycles. The molecule has 117 valence electrons. The summed E-state index contributed by atoms with van der Waals surface area (Å²) < 4.78 is 26.2. The number of benzene rings is 1. The predicted octanol–water partition coefficient (Wildman–Crippen LogP) is 3.40. The van der Waals surface area contributed by atoms with Crippen LogP contribution in [0, 0.1) is 0 Å². The topological polar surface area (TPSA) is 75.3 Å². The van der Waals surface area contributed by atoms with E-state index >= 15 is 0 Å². The molecule has 0 unspecified atom stereocenters. The van der Waals surface area contributed by atoms with Gasteiger partial charge in [0.2, 0.25) is 10.0 Å². The van der Waals surface area contributed by atoms with Crippen molar-refractivity contribution in [1.82, 2.24) is 4.72 Å². The van der Waals surface area contributed by atoms with Gasteiger partial charge in [-0.1, -0.05) is 42.5 Å². The van der Waals surface area contributed by atoms with Crippen LogP contribution in [0.15, 0.2) is 18.2 Å². The molecule has 1 fully saturated rings. The van der Waals surface area contributed by atoms with Crippen LogP contribution in [0.5, 0.6) is 0 Å². The van der Waals surface area contributed by atoms with Gasteiger partial charge in [-0.3, -0.25) is 0 Å². The van der Waals surface area contributed by atoms with Crippen LogP contribution < -0.4 is 10.0 Å². The van der Waals surface area contributed by atoms with Crippen molar-refractivity contribution in [3.8, 4) is 0 Å². The quantitative estimate of drug-likeness (QED) is 0.797. The average Bonchev–Trinajstić information content (AvgIpc) is 2.43. The molecular formula is C13H16Cl2N2NaO3S. The third-order valence-corrected chi connectivity index (χ3v) is 5.96. The van der Waals surface area contributed by atoms with E-state index < -0.39 is 21.3 Å². The molecule has 2 rings (SSSR count). The van der Waals surface area contributed by atoms with Crippen molar-refractivity contribution < 1.29 is 13.2 Å². The molecule has 0 aromatic heterocycles. The number of hydrogen-bond donors (Lipinski definition) is 2. The van der Waals surface area contributed by atoms with E-state index in [1.807, 2.05) is 0 Å². The molecule has 1 aliphatic carbocycles. The molecule has 0 atom stereocenters. The maximum Gasteiger partial charge on any atom is 0.332 e. The van der Waals surface area contributed by atoms with E-state index in [0.717, 1.165) is 19.3 Å². The van der Waals surface area contributed by atoms with Crippen LogP contribution >= 0.6 is 23.2 Å². The van der Waals surface area contributed by atoms with Crippen LogP contribution in [0.2, 0.25) is 10.0 Å². The second-order valence-corrected chi connectivity index (χ2v) is 7.77. The Morgan fingerprint density at radius 1 is 1.09 bits per heavy atom. The number of amides is 2. The smallest absolute Gasteiger partial charge is 0.307 e. The Labute approximate surface area is 162 Å². The summed E-state index contributed by atoms with van der Waals surface area (Å²) in [4.78, 5) is 11.8. The maximum absolute atomic E-state index is 12.1. The Kier molecular flexibility index (Phi) is 7.99. The van der Waals surface area contributed by atoms with Crippen molar-refractivity contribution in [2.45, 2.75) is 37.4 Å². The molecule has 0 bridgehead atoms. The molecule has 22 heavy (non-hydrogen) atoms. The van der Waals surface area contributed by atoms with Crippen molar-refractivity contribution in [3.63, 3.8) is 0 Å². The number of anilines is 1. The molecule has 1 aromatic rings. The van der Waals surface area contributed by atoms with Gasteiger partial charge in [-0.05, 0) is 31.0 Å². The van der Waals surface area contributed by atoms with Crippen molar-refractivity contribution in [2.75, 3.05) is 5.32 Å². The van der Waals surface area contributed by atoms with Crippen molar-refractivity contribution in [2.24, 2.45) is 0 Å². The van der Waals surface area contributed by atoms with Crippen molar-refractivity contribution in [3.05, 3.63) is 28.2 Å². The number of carbonyl (C=O) groups is 1. The zero-order valence-electron chi connectivity index (χ0n) is 12.2. The average molecular weight is 374 g/mol. The second kappa shape index (κ2) is 8.76. The van der Waals surface area contributed by atoms with Gasteiger partial charge in [-0.15, -0.1) is 0 Å². The number of rotatable bonds is 3. The van der Waals surface area contributed by atoms with E-state index in [2.05, 4.69) is 10.0 Å². The summed E-state index contributed by atoms with van der Waals surface area (Å²) in [7, 11) is -3.64. The number of carbonyl (C=O) groups excluding carboxylic acids is 1. The predicted molar refractivity (Wildman–Crippen MR) is 90.2 cm³/mol. The van der Waals surface area contributed by atoms with E-state index in [0.29, 0.717) is 23.6 Å². The summed E-state index contributed by atoms with van der Waals surface area (Å²) in [5.41, 5.74) is 0.376. The molecular weight excluding hydrogens is 358 g/mol. The maximum atomic E-state index is 12.1. The zero-order chi connectivity index (χ0) is 15.5. The molecule has 2 amide bonds. The fourth-order valence-corrected chi connectivity index (χ4v) is 4.05. The standard InChI is InChI=1S/C13H16Cl2N2O3S.Na/c14-11-7-6-9(8-12(11)15)16-13(18)17-21(19,20)10-4-2-1-3-5-10;/h6-8,10H,1-5H2,(H2,16,17,18);. The first kappa shape index (κ1) is 20.1. The van der Waals surface area contributed by atoms with Gasteiger partial charge in [-0.2, -0.15) is 0 Å². The molecule has 5 nitrogen and oxygen atoms in total. The molecule has 1 aliphatic rings. The van der Waals surface area contributed by atoms with Crippen LogP contribution in [0.4, 0.5) is 10.5 Å². The summed E-state index contributed by atoms with van der Waals surface area (Å²) in [5.74, 6) is 0. The van der Waals surface area contributed by atoms with E-state index in [-0.39, 0.29) is 34.6 Å². The van der Waals surface area contributed by atoms with Crippen LogP contribution in [-0.4, -0.2) is 49.3 Å². The molecule has 1 aromatic carbocycles. The first-order valence-electron chi connectivity index (χ1n) is 6.66. The van der Waals surface area contributed by atoms with Crippen LogP contribution in [0.25, 0.3) is 0 Å². The van der Waals surface area contributed by atoms with Gasteiger partial charge in [0.1, 0.15) is 0 Å². The van der Waals surface area contributed by atoms with Gasteiger partial charge >= 0.3 is 6.03 Å². The molecule has 9 heteroatoms. The fraction of sp³-hybridized carbons (Fsp3) is 0.462. The normalized spacial score (nSPS) is 15.7. The fourth-order valence-electron chi connectivity index (χ4n) is 2.32. The summed E-state index contributed by atoms with van der Waals surface area (Å²) >= 11 is 11.6. The van der Waals surface area contributed by atoms with Gasteiger partial charge in [-0.25, -0.2) is 17.9 Å². The van der Waals surface area contributed by atoms with Gasteiger partial charge in [0.25, 0.3) is 0 Å². The van der Waals surface area contributed by atoms with Crippen LogP contribution in [0.3, 0.4) is 0 Å². The van der Waals surface area contributed by atoms with Gasteiger partial charge in [0.15, 0.2) is 0 Å². The van der Waals surface area contributed by atoms with E-state index in [4.69, 9.17) is 23.2 Å². The number of halogens is 2. The van der Waals surface area contributed by atoms with Gasteiger partial charge < -0.3 is 5.32 Å². The number of nitrogens with one attached hydrogen (secondary N) is 2. The zero-order valence-corrected chi connectivity index (χ0v) is 16.6. The first-order chi connectivity index (χ1) is 9.88. The molecule has 1 saturated carbocycles. The van der Waals surface area contributed by atoms with E-state index in [1.54, 1.807) is 6.07 Å². The second-order valence-electron chi connectivity index (χ2n) is 4.99. The Morgan fingerprint density at radius 3 is 2.32 bits per heavy atom. The third-order valence-electron chi connectivity index (χ3n) is 3.40. The van der Waals surface area contributed by atoms with Gasteiger partial charge in [0, 0.05) is 35.2 Å². The summed E-state index contributed by atoms with van der Waals surface area (Å²) in [6, 6.07) is 3.73. The Bertz CT molecular complexity index is 634. The third kappa shape index (κ3) is 5.58. The Balaban J connectivity index is 0.00000242. The minimum atomic E-state index is -3.64. The number of hydrogen-bond acceptors (Lipinski definition) is 3. The Hall–Kier alpha value is 0.0200. The molecule has 2 N–H and O–H groups in total. The molecule has 0 heterocycles. The number of sulfonamides is 1. The summed E-state index contributed by atoms with van der Waals surface area (Å²) in [5, 5.41) is 2.58. The first-order valence-corrected chi connectivity index (χ1v) is 8.96. The monoisotopic (exact) mass is 373 g/mol. The van der Waals surface area contributed by atoms with Crippen molar-refractivity contribution >= 4 is 74.5 Å². The molecule has 0 spiro atoms. The summed E-state index contributed by atoms with van der Waals surface area (Å²) in [6.07, 6.45) is 3.98. The van der Waals surface area contributed by atoms with E-state index in [9.17, 15) is 13.2 Å². The van der Waals surface area contributed by atoms with Gasteiger partial charge in [0.05, 0.1) is 15.3 Å². The largest absolute Gasteiger partial charge is 0.332 e. The Morgan fingerprint density at radius 2 is 1.73 bits per heavy atom. The minimum absolute atomic E-state index is 0.